The maximum absolute atomic E-state index is 4.36. The summed E-state index contributed by atoms with van der Waals surface area (Å²) in [6.07, 6.45) is 2.87. The number of alkyl halides is 1. The van der Waals surface area contributed by atoms with Crippen LogP contribution in [0.3, 0.4) is 0 Å². The van der Waals surface area contributed by atoms with E-state index in [1.807, 2.05) is 17.9 Å². The first-order valence-corrected chi connectivity index (χ1v) is 5.84. The Kier molecular flexibility index (Phi) is 2.59. The molecule has 0 amide bonds. The van der Waals surface area contributed by atoms with Crippen LogP contribution in [-0.4, -0.2) is 13.9 Å². The van der Waals surface area contributed by atoms with Gasteiger partial charge in [0.1, 0.15) is 0 Å². The molecule has 0 spiro atoms. The van der Waals surface area contributed by atoms with E-state index in [1.54, 1.807) is 0 Å². The van der Waals surface area contributed by atoms with Crippen molar-refractivity contribution in [3.63, 3.8) is 0 Å². The molecule has 0 atom stereocenters. The zero-order valence-corrected chi connectivity index (χ0v) is 10.9. The van der Waals surface area contributed by atoms with Crippen LogP contribution in [0.1, 0.15) is 19.4 Å². The second-order valence-electron chi connectivity index (χ2n) is 4.57. The quantitative estimate of drug-likeness (QED) is 0.763. The van der Waals surface area contributed by atoms with Crippen LogP contribution in [0.25, 0.3) is 11.0 Å². The molecule has 0 aliphatic heterocycles. The van der Waals surface area contributed by atoms with E-state index in [2.05, 4.69) is 53.0 Å². The zero-order chi connectivity index (χ0) is 11.1. The summed E-state index contributed by atoms with van der Waals surface area (Å²) in [5.41, 5.74) is 3.58. The summed E-state index contributed by atoms with van der Waals surface area (Å²) in [6, 6.07) is 6.47. The molecule has 0 unspecified atom stereocenters. The van der Waals surface area contributed by atoms with Crippen molar-refractivity contribution in [1.29, 1.82) is 0 Å². The monoisotopic (exact) mass is 266 g/mol. The molecule has 3 heteroatoms. The lowest BCUT2D eigenvalue weighted by Crippen LogP contribution is -2.12. The molecule has 0 saturated heterocycles. The third-order valence-corrected chi connectivity index (χ3v) is 2.69. The molecule has 0 fully saturated rings. The molecule has 2 aromatic rings. The SMILES string of the molecule is Cn1cnc2cc(CC(C)(C)Br)ccc21. The Morgan fingerprint density at radius 1 is 1.40 bits per heavy atom. The van der Waals surface area contributed by atoms with Crippen LogP contribution in [-0.2, 0) is 13.5 Å². The van der Waals surface area contributed by atoms with E-state index in [9.17, 15) is 0 Å². The highest BCUT2D eigenvalue weighted by atomic mass is 79.9. The minimum Gasteiger partial charge on any atom is -0.334 e. The predicted molar refractivity (Wildman–Crippen MR) is 67.4 cm³/mol. The van der Waals surface area contributed by atoms with Crippen molar-refractivity contribution >= 4 is 27.0 Å². The van der Waals surface area contributed by atoms with Gasteiger partial charge in [-0.15, -0.1) is 0 Å². The second kappa shape index (κ2) is 3.63. The minimum atomic E-state index is 0.148. The Balaban J connectivity index is 2.39. The fourth-order valence-electron chi connectivity index (χ4n) is 1.78. The van der Waals surface area contributed by atoms with Gasteiger partial charge in [-0.1, -0.05) is 22.0 Å². The molecule has 2 nitrogen and oxygen atoms in total. The van der Waals surface area contributed by atoms with Crippen LogP contribution < -0.4 is 0 Å². The third-order valence-electron chi connectivity index (χ3n) is 2.41. The highest BCUT2D eigenvalue weighted by Gasteiger charge is 2.13. The third kappa shape index (κ3) is 2.40. The maximum atomic E-state index is 4.36. The molecule has 0 radical (unpaired) electrons. The molecule has 1 aromatic carbocycles. The first kappa shape index (κ1) is 10.7. The number of rotatable bonds is 2. The van der Waals surface area contributed by atoms with Crippen LogP contribution in [0.2, 0.25) is 0 Å². The lowest BCUT2D eigenvalue weighted by molar-refractivity contribution is 0.725. The van der Waals surface area contributed by atoms with E-state index in [0.29, 0.717) is 0 Å². The number of benzene rings is 1. The van der Waals surface area contributed by atoms with Gasteiger partial charge in [-0.05, 0) is 38.0 Å². The van der Waals surface area contributed by atoms with Crippen molar-refractivity contribution in [2.45, 2.75) is 24.6 Å². The summed E-state index contributed by atoms with van der Waals surface area (Å²) < 4.78 is 2.19. The number of nitrogens with zero attached hydrogens (tertiary/aromatic N) is 2. The van der Waals surface area contributed by atoms with E-state index in [-0.39, 0.29) is 4.32 Å². The Morgan fingerprint density at radius 3 is 2.80 bits per heavy atom. The van der Waals surface area contributed by atoms with Crippen molar-refractivity contribution in [3.8, 4) is 0 Å². The molecule has 0 bridgehead atoms. The first-order valence-electron chi connectivity index (χ1n) is 5.04. The molecule has 0 aliphatic rings. The van der Waals surface area contributed by atoms with Crippen molar-refractivity contribution in [2.75, 3.05) is 0 Å². The highest BCUT2D eigenvalue weighted by Crippen LogP contribution is 2.23. The molecular formula is C12H15BrN2. The Bertz CT molecular complexity index is 480. The van der Waals surface area contributed by atoms with Gasteiger partial charge in [-0.3, -0.25) is 0 Å². The maximum Gasteiger partial charge on any atom is 0.0955 e. The average Bonchev–Trinajstić information content (AvgIpc) is 2.45. The fraction of sp³-hybridized carbons (Fsp3) is 0.417. The number of aryl methyl sites for hydroxylation is 1. The predicted octanol–water partition coefficient (Wildman–Crippen LogP) is 3.29. The number of halogens is 1. The van der Waals surface area contributed by atoms with Crippen LogP contribution in [0.4, 0.5) is 0 Å². The molecule has 80 valence electrons. The minimum absolute atomic E-state index is 0.148. The molecule has 0 aliphatic carbocycles. The molecule has 2 rings (SSSR count). The normalized spacial score (nSPS) is 12.3. The molecule has 15 heavy (non-hydrogen) atoms. The number of aromatic nitrogens is 2. The van der Waals surface area contributed by atoms with Gasteiger partial charge in [0.2, 0.25) is 0 Å². The topological polar surface area (TPSA) is 17.8 Å². The lowest BCUT2D eigenvalue weighted by Gasteiger charge is -2.15. The van der Waals surface area contributed by atoms with Crippen LogP contribution in [0.5, 0.6) is 0 Å². The number of hydrogen-bond acceptors (Lipinski definition) is 1. The van der Waals surface area contributed by atoms with E-state index >= 15 is 0 Å². The smallest absolute Gasteiger partial charge is 0.0955 e. The first-order chi connectivity index (χ1) is 6.96. The fourth-order valence-corrected chi connectivity index (χ4v) is 2.10. The van der Waals surface area contributed by atoms with Crippen LogP contribution in [0, 0.1) is 0 Å². The van der Waals surface area contributed by atoms with E-state index < -0.39 is 0 Å². The lowest BCUT2D eigenvalue weighted by atomic mass is 10.0. The molecule has 0 N–H and O–H groups in total. The Morgan fingerprint density at radius 2 is 2.13 bits per heavy atom. The summed E-state index contributed by atoms with van der Waals surface area (Å²) in [4.78, 5) is 4.36. The van der Waals surface area contributed by atoms with E-state index in [1.165, 1.54) is 11.1 Å². The molecule has 1 aromatic heterocycles. The molecule has 0 saturated carbocycles. The number of fused-ring (bicyclic) bond motifs is 1. The van der Waals surface area contributed by atoms with E-state index in [0.717, 1.165) is 11.9 Å². The summed E-state index contributed by atoms with van der Waals surface area (Å²) in [6.45, 7) is 4.35. The second-order valence-corrected chi connectivity index (χ2v) is 6.72. The van der Waals surface area contributed by atoms with Gasteiger partial charge in [0, 0.05) is 11.4 Å². The van der Waals surface area contributed by atoms with Crippen LogP contribution >= 0.6 is 15.9 Å². The van der Waals surface area contributed by atoms with Gasteiger partial charge >= 0.3 is 0 Å². The van der Waals surface area contributed by atoms with Gasteiger partial charge in [0.05, 0.1) is 17.4 Å². The summed E-state index contributed by atoms with van der Waals surface area (Å²) in [5.74, 6) is 0. The Hall–Kier alpha value is -0.830. The van der Waals surface area contributed by atoms with Crippen molar-refractivity contribution in [2.24, 2.45) is 7.05 Å². The highest BCUT2D eigenvalue weighted by molar-refractivity contribution is 9.10. The van der Waals surface area contributed by atoms with Gasteiger partial charge in [-0.25, -0.2) is 4.98 Å². The average molecular weight is 267 g/mol. The van der Waals surface area contributed by atoms with Crippen molar-refractivity contribution in [3.05, 3.63) is 30.1 Å². The molecular weight excluding hydrogens is 252 g/mol. The zero-order valence-electron chi connectivity index (χ0n) is 9.29. The van der Waals surface area contributed by atoms with Crippen molar-refractivity contribution < 1.29 is 0 Å². The van der Waals surface area contributed by atoms with Gasteiger partial charge in [-0.2, -0.15) is 0 Å². The summed E-state index contributed by atoms with van der Waals surface area (Å²) in [5, 5.41) is 0. The van der Waals surface area contributed by atoms with Crippen LogP contribution in [0.15, 0.2) is 24.5 Å². The van der Waals surface area contributed by atoms with Gasteiger partial charge in [0.25, 0.3) is 0 Å². The van der Waals surface area contributed by atoms with Crippen molar-refractivity contribution in [1.82, 2.24) is 9.55 Å². The number of hydrogen-bond donors (Lipinski definition) is 0. The molecule has 1 heterocycles. The summed E-state index contributed by atoms with van der Waals surface area (Å²) in [7, 11) is 2.02. The van der Waals surface area contributed by atoms with Gasteiger partial charge in [0.15, 0.2) is 0 Å². The van der Waals surface area contributed by atoms with E-state index in [4.69, 9.17) is 0 Å². The standard InChI is InChI=1S/C12H15BrN2/c1-12(2,13)7-9-4-5-11-10(6-9)14-8-15(11)3/h4-6,8H,7H2,1-3H3. The van der Waals surface area contributed by atoms with Gasteiger partial charge < -0.3 is 4.57 Å². The number of imidazole rings is 1. The Labute approximate surface area is 98.4 Å². The largest absolute Gasteiger partial charge is 0.334 e. The summed E-state index contributed by atoms with van der Waals surface area (Å²) >= 11 is 3.66.